The number of rotatable bonds is 1. The number of hydrogen-bond donors (Lipinski definition) is 2. The fourth-order valence-electron chi connectivity index (χ4n) is 3.44. The van der Waals surface area contributed by atoms with Gasteiger partial charge >= 0.3 is 6.18 Å². The minimum Gasteiger partial charge on any atom is -0.383 e. The second-order valence-electron chi connectivity index (χ2n) is 6.56. The Balaban J connectivity index is 0.000000156. The summed E-state index contributed by atoms with van der Waals surface area (Å²) in [5.41, 5.74) is 7.54. The van der Waals surface area contributed by atoms with E-state index in [9.17, 15) is 13.2 Å². The van der Waals surface area contributed by atoms with Crippen LogP contribution in [0.4, 0.5) is 24.7 Å². The first-order valence-electron chi connectivity index (χ1n) is 8.77. The molecule has 1 aliphatic rings. The maximum absolute atomic E-state index is 12.4. The van der Waals surface area contributed by atoms with Crippen molar-refractivity contribution in [1.29, 1.82) is 0 Å². The van der Waals surface area contributed by atoms with E-state index < -0.39 is 11.7 Å². The summed E-state index contributed by atoms with van der Waals surface area (Å²) in [6, 6.07) is 8.80. The van der Waals surface area contributed by atoms with Gasteiger partial charge in [0.2, 0.25) is 0 Å². The smallest absolute Gasteiger partial charge is 0.383 e. The molecule has 0 saturated heterocycles. The maximum Gasteiger partial charge on any atom is 0.418 e. The SMILES string of the molecule is CC[C@H]1CCN(C)c2ccccc21.Nc1ncnc2[nH]cc(C(F)(F)F)c12. The summed E-state index contributed by atoms with van der Waals surface area (Å²) in [7, 11) is 2.19. The maximum atomic E-state index is 12.4. The molecule has 4 rings (SSSR count). The summed E-state index contributed by atoms with van der Waals surface area (Å²) in [4.78, 5) is 11.9. The summed E-state index contributed by atoms with van der Waals surface area (Å²) in [5, 5.41) is -0.181. The Kier molecular flexibility index (Phi) is 5.25. The second kappa shape index (κ2) is 7.46. The van der Waals surface area contributed by atoms with Gasteiger partial charge in [-0.2, -0.15) is 13.2 Å². The van der Waals surface area contributed by atoms with Crippen molar-refractivity contribution in [2.24, 2.45) is 0 Å². The lowest BCUT2D eigenvalue weighted by Gasteiger charge is -2.32. The van der Waals surface area contributed by atoms with Crippen LogP contribution in [0.3, 0.4) is 0 Å². The third kappa shape index (κ3) is 3.84. The summed E-state index contributed by atoms with van der Waals surface area (Å²) in [6.45, 7) is 3.49. The van der Waals surface area contributed by atoms with E-state index in [1.54, 1.807) is 5.56 Å². The molecular weight excluding hydrogens is 355 g/mol. The Labute approximate surface area is 155 Å². The third-order valence-corrected chi connectivity index (χ3v) is 4.90. The monoisotopic (exact) mass is 377 g/mol. The molecule has 8 heteroatoms. The highest BCUT2D eigenvalue weighted by Gasteiger charge is 2.34. The summed E-state index contributed by atoms with van der Waals surface area (Å²) >= 11 is 0. The van der Waals surface area contributed by atoms with Crippen LogP contribution in [-0.4, -0.2) is 28.5 Å². The Hall–Kier alpha value is -2.77. The number of nitrogens with zero attached hydrogens (tertiary/aromatic N) is 3. The van der Waals surface area contributed by atoms with Crippen LogP contribution < -0.4 is 10.6 Å². The standard InChI is InChI=1S/C12H17N.C7H5F3N4/c1-3-10-8-9-13(2)12-7-5-4-6-11(10)12;8-7(9,10)3-1-12-6-4(3)5(11)13-2-14-6/h4-7,10H,3,8-9H2,1-2H3;1-2H,(H3,11,12,13,14)/t10-;/m0./s1. The van der Waals surface area contributed by atoms with Gasteiger partial charge in [0.1, 0.15) is 17.8 Å². The van der Waals surface area contributed by atoms with E-state index in [4.69, 9.17) is 5.73 Å². The van der Waals surface area contributed by atoms with E-state index in [1.807, 2.05) is 0 Å². The van der Waals surface area contributed by atoms with E-state index in [-0.39, 0.29) is 16.9 Å². The Morgan fingerprint density at radius 2 is 2.00 bits per heavy atom. The molecule has 0 saturated carbocycles. The van der Waals surface area contributed by atoms with Crippen LogP contribution in [0, 0.1) is 0 Å². The first-order chi connectivity index (χ1) is 12.8. The number of halogens is 3. The van der Waals surface area contributed by atoms with E-state index in [2.05, 4.69) is 58.1 Å². The molecule has 1 atom stereocenters. The van der Waals surface area contributed by atoms with Gasteiger partial charge in [0.15, 0.2) is 0 Å². The number of nitrogens with one attached hydrogen (secondary N) is 1. The van der Waals surface area contributed by atoms with Crippen LogP contribution in [-0.2, 0) is 6.18 Å². The molecule has 0 unspecified atom stereocenters. The quantitative estimate of drug-likeness (QED) is 0.651. The van der Waals surface area contributed by atoms with Gasteiger partial charge in [-0.15, -0.1) is 0 Å². The van der Waals surface area contributed by atoms with Crippen molar-refractivity contribution in [2.75, 3.05) is 24.2 Å². The van der Waals surface area contributed by atoms with Crippen LogP contribution in [0.25, 0.3) is 11.0 Å². The predicted octanol–water partition coefficient (Wildman–Crippen LogP) is 4.58. The zero-order valence-corrected chi connectivity index (χ0v) is 15.2. The Morgan fingerprint density at radius 3 is 2.70 bits per heavy atom. The molecule has 144 valence electrons. The molecule has 0 aliphatic carbocycles. The number of nitrogen functional groups attached to an aromatic ring is 1. The number of para-hydroxylation sites is 1. The average Bonchev–Trinajstić information content (AvgIpc) is 3.09. The summed E-state index contributed by atoms with van der Waals surface area (Å²) in [5.74, 6) is 0.607. The number of H-pyrrole nitrogens is 1. The van der Waals surface area contributed by atoms with Crippen LogP contribution in [0.2, 0.25) is 0 Å². The van der Waals surface area contributed by atoms with Crippen LogP contribution >= 0.6 is 0 Å². The Morgan fingerprint density at radius 1 is 1.26 bits per heavy atom. The predicted molar refractivity (Wildman–Crippen MR) is 101 cm³/mol. The molecule has 3 N–H and O–H groups in total. The van der Waals surface area contributed by atoms with Crippen LogP contribution in [0.15, 0.2) is 36.8 Å². The number of fused-ring (bicyclic) bond motifs is 2. The molecule has 27 heavy (non-hydrogen) atoms. The van der Waals surface area contributed by atoms with Crippen molar-refractivity contribution in [3.05, 3.63) is 47.9 Å². The van der Waals surface area contributed by atoms with Gasteiger partial charge in [0.25, 0.3) is 0 Å². The van der Waals surface area contributed by atoms with Crippen molar-refractivity contribution < 1.29 is 13.2 Å². The first-order valence-corrected chi connectivity index (χ1v) is 8.77. The fraction of sp³-hybridized carbons (Fsp3) is 0.368. The first kappa shape index (κ1) is 19.0. The van der Waals surface area contributed by atoms with Gasteiger partial charge in [-0.05, 0) is 30.4 Å². The second-order valence-corrected chi connectivity index (χ2v) is 6.56. The average molecular weight is 377 g/mol. The number of anilines is 2. The van der Waals surface area contributed by atoms with E-state index >= 15 is 0 Å². The van der Waals surface area contributed by atoms with E-state index in [0.717, 1.165) is 18.4 Å². The lowest BCUT2D eigenvalue weighted by molar-refractivity contribution is -0.136. The minimum atomic E-state index is -4.45. The molecule has 0 fully saturated rings. The van der Waals surface area contributed by atoms with Crippen LogP contribution in [0.5, 0.6) is 0 Å². The van der Waals surface area contributed by atoms with Crippen molar-refractivity contribution in [2.45, 2.75) is 31.9 Å². The highest BCUT2D eigenvalue weighted by molar-refractivity contribution is 5.89. The van der Waals surface area contributed by atoms with Gasteiger partial charge in [-0.25, -0.2) is 9.97 Å². The van der Waals surface area contributed by atoms with Crippen LogP contribution in [0.1, 0.15) is 36.8 Å². The molecule has 2 aromatic heterocycles. The Bertz CT molecular complexity index is 919. The molecule has 1 aliphatic heterocycles. The normalized spacial score (nSPS) is 16.6. The van der Waals surface area contributed by atoms with Gasteiger partial charge in [-0.1, -0.05) is 25.1 Å². The van der Waals surface area contributed by atoms with Gasteiger partial charge in [-0.3, -0.25) is 0 Å². The third-order valence-electron chi connectivity index (χ3n) is 4.90. The summed E-state index contributed by atoms with van der Waals surface area (Å²) in [6.07, 6.45) is 0.0655. The number of hydrogen-bond acceptors (Lipinski definition) is 4. The van der Waals surface area contributed by atoms with Crippen molar-refractivity contribution in [3.8, 4) is 0 Å². The number of aromatic amines is 1. The molecular formula is C19H22F3N5. The highest BCUT2D eigenvalue weighted by Crippen LogP contribution is 2.36. The molecule has 3 aromatic rings. The molecule has 0 bridgehead atoms. The van der Waals surface area contributed by atoms with Crippen molar-refractivity contribution in [3.63, 3.8) is 0 Å². The molecule has 3 heterocycles. The minimum absolute atomic E-state index is 0.0878. The van der Waals surface area contributed by atoms with Gasteiger partial charge in [0.05, 0.1) is 10.9 Å². The van der Waals surface area contributed by atoms with Crippen molar-refractivity contribution in [1.82, 2.24) is 15.0 Å². The largest absolute Gasteiger partial charge is 0.418 e. The topological polar surface area (TPSA) is 70.8 Å². The van der Waals surface area contributed by atoms with Gasteiger partial charge < -0.3 is 15.6 Å². The van der Waals surface area contributed by atoms with E-state index in [1.165, 1.54) is 25.1 Å². The molecule has 5 nitrogen and oxygen atoms in total. The molecule has 0 spiro atoms. The zero-order valence-electron chi connectivity index (χ0n) is 15.2. The molecule has 1 aromatic carbocycles. The van der Waals surface area contributed by atoms with Crippen molar-refractivity contribution >= 4 is 22.5 Å². The number of alkyl halides is 3. The number of aromatic nitrogens is 3. The fourth-order valence-corrected chi connectivity index (χ4v) is 3.44. The molecule has 0 amide bonds. The lowest BCUT2D eigenvalue weighted by atomic mass is 9.88. The molecule has 0 radical (unpaired) electrons. The highest BCUT2D eigenvalue weighted by atomic mass is 19.4. The summed E-state index contributed by atoms with van der Waals surface area (Å²) < 4.78 is 37.2. The van der Waals surface area contributed by atoms with Gasteiger partial charge in [0, 0.05) is 25.5 Å². The zero-order chi connectivity index (χ0) is 19.6. The number of benzene rings is 1. The number of nitrogens with two attached hydrogens (primary N) is 1. The van der Waals surface area contributed by atoms with E-state index in [0.29, 0.717) is 0 Å². The lowest BCUT2D eigenvalue weighted by Crippen LogP contribution is -2.26.